The van der Waals surface area contributed by atoms with Gasteiger partial charge in [0.1, 0.15) is 0 Å². The Morgan fingerprint density at radius 2 is 1.96 bits per heavy atom. The Labute approximate surface area is 158 Å². The summed E-state index contributed by atoms with van der Waals surface area (Å²) in [5, 5.41) is 10.2. The van der Waals surface area contributed by atoms with Gasteiger partial charge in [0.05, 0.1) is 19.2 Å². The number of nitrogens with zero attached hydrogens (tertiary/aromatic N) is 3. The van der Waals surface area contributed by atoms with Gasteiger partial charge in [-0.15, -0.1) is 10.2 Å². The highest BCUT2D eigenvalue weighted by molar-refractivity contribution is 5.77. The second-order valence-corrected chi connectivity index (χ2v) is 5.98. The van der Waals surface area contributed by atoms with Crippen LogP contribution in [0.1, 0.15) is 17.0 Å². The number of aryl methyl sites for hydroxylation is 1. The SMILES string of the molecule is COc1cc(C)ccc1OCC(=O)NCc1nnc2ccc(C(F)(F)F)cn12. The van der Waals surface area contributed by atoms with Crippen molar-refractivity contribution < 1.29 is 27.4 Å². The van der Waals surface area contributed by atoms with E-state index in [1.807, 2.05) is 13.0 Å². The van der Waals surface area contributed by atoms with Crippen molar-refractivity contribution >= 4 is 11.6 Å². The van der Waals surface area contributed by atoms with E-state index in [-0.39, 0.29) is 24.6 Å². The van der Waals surface area contributed by atoms with Crippen LogP contribution >= 0.6 is 0 Å². The largest absolute Gasteiger partial charge is 0.493 e. The van der Waals surface area contributed by atoms with E-state index < -0.39 is 17.6 Å². The van der Waals surface area contributed by atoms with E-state index in [0.29, 0.717) is 11.5 Å². The topological polar surface area (TPSA) is 77.8 Å². The lowest BCUT2D eigenvalue weighted by Gasteiger charge is -2.11. The van der Waals surface area contributed by atoms with Crippen LogP contribution in [0.4, 0.5) is 13.2 Å². The van der Waals surface area contributed by atoms with Crippen molar-refractivity contribution in [2.75, 3.05) is 13.7 Å². The van der Waals surface area contributed by atoms with E-state index >= 15 is 0 Å². The summed E-state index contributed by atoms with van der Waals surface area (Å²) >= 11 is 0. The standard InChI is InChI=1S/C18H17F3N4O3/c1-11-3-5-13(14(7-11)27-2)28-10-17(26)22-8-16-24-23-15-6-4-12(9-25(15)16)18(19,20)21/h3-7,9H,8,10H2,1-2H3,(H,22,26). The molecule has 28 heavy (non-hydrogen) atoms. The van der Waals surface area contributed by atoms with Gasteiger partial charge in [-0.25, -0.2) is 0 Å². The number of pyridine rings is 1. The number of benzene rings is 1. The fourth-order valence-corrected chi connectivity index (χ4v) is 2.49. The third-order valence-corrected chi connectivity index (χ3v) is 3.92. The first-order valence-electron chi connectivity index (χ1n) is 8.23. The van der Waals surface area contributed by atoms with Crippen molar-refractivity contribution in [1.29, 1.82) is 0 Å². The van der Waals surface area contributed by atoms with Gasteiger partial charge in [0.15, 0.2) is 29.6 Å². The highest BCUT2D eigenvalue weighted by Gasteiger charge is 2.31. The Morgan fingerprint density at radius 1 is 1.18 bits per heavy atom. The Kier molecular flexibility index (Phi) is 5.39. The van der Waals surface area contributed by atoms with Crippen molar-refractivity contribution in [3.63, 3.8) is 0 Å². The summed E-state index contributed by atoms with van der Waals surface area (Å²) in [4.78, 5) is 12.0. The van der Waals surface area contributed by atoms with E-state index in [1.54, 1.807) is 12.1 Å². The minimum Gasteiger partial charge on any atom is -0.493 e. The summed E-state index contributed by atoms with van der Waals surface area (Å²) in [6, 6.07) is 7.42. The van der Waals surface area contributed by atoms with Gasteiger partial charge in [-0.05, 0) is 36.8 Å². The number of halogens is 3. The number of hydrogen-bond acceptors (Lipinski definition) is 5. The van der Waals surface area contributed by atoms with Crippen molar-refractivity contribution in [3.05, 3.63) is 53.5 Å². The molecule has 0 atom stereocenters. The number of carbonyl (C=O) groups excluding carboxylic acids is 1. The molecule has 0 fully saturated rings. The Balaban J connectivity index is 1.63. The monoisotopic (exact) mass is 394 g/mol. The van der Waals surface area contributed by atoms with Crippen LogP contribution in [0.3, 0.4) is 0 Å². The van der Waals surface area contributed by atoms with Gasteiger partial charge in [-0.3, -0.25) is 9.20 Å². The van der Waals surface area contributed by atoms with Crippen LogP contribution < -0.4 is 14.8 Å². The lowest BCUT2D eigenvalue weighted by atomic mass is 10.2. The summed E-state index contributed by atoms with van der Waals surface area (Å²) in [6.07, 6.45) is -3.59. The van der Waals surface area contributed by atoms with Gasteiger partial charge in [-0.1, -0.05) is 6.07 Å². The van der Waals surface area contributed by atoms with Crippen molar-refractivity contribution in [2.24, 2.45) is 0 Å². The van der Waals surface area contributed by atoms with E-state index in [9.17, 15) is 18.0 Å². The first kappa shape index (κ1) is 19.5. The first-order chi connectivity index (χ1) is 13.3. The number of aromatic nitrogens is 3. The molecule has 148 valence electrons. The molecule has 0 unspecified atom stereocenters. The summed E-state index contributed by atoms with van der Waals surface area (Å²) in [7, 11) is 1.49. The smallest absolute Gasteiger partial charge is 0.417 e. The lowest BCUT2D eigenvalue weighted by Crippen LogP contribution is -2.29. The predicted molar refractivity (Wildman–Crippen MR) is 93.1 cm³/mol. The summed E-state index contributed by atoms with van der Waals surface area (Å²) in [5.74, 6) is 0.607. The average molecular weight is 394 g/mol. The molecular weight excluding hydrogens is 377 g/mol. The van der Waals surface area contributed by atoms with Crippen molar-refractivity contribution in [1.82, 2.24) is 19.9 Å². The molecule has 0 radical (unpaired) electrons. The van der Waals surface area contributed by atoms with Gasteiger partial charge in [0, 0.05) is 6.20 Å². The number of amides is 1. The molecule has 1 N–H and O–H groups in total. The fraction of sp³-hybridized carbons (Fsp3) is 0.278. The summed E-state index contributed by atoms with van der Waals surface area (Å²) in [5.41, 5.74) is 0.394. The number of fused-ring (bicyclic) bond motifs is 1. The Hall–Kier alpha value is -3.30. The molecule has 0 saturated carbocycles. The third kappa shape index (κ3) is 4.33. The molecule has 0 aliphatic heterocycles. The van der Waals surface area contributed by atoms with Crippen LogP contribution in [0.2, 0.25) is 0 Å². The van der Waals surface area contributed by atoms with E-state index in [2.05, 4.69) is 15.5 Å². The maximum Gasteiger partial charge on any atom is 0.417 e. The number of methoxy groups -OCH3 is 1. The Morgan fingerprint density at radius 3 is 2.68 bits per heavy atom. The fourth-order valence-electron chi connectivity index (χ4n) is 2.49. The molecule has 0 aliphatic carbocycles. The van der Waals surface area contributed by atoms with Crippen molar-refractivity contribution in [3.8, 4) is 11.5 Å². The molecule has 7 nitrogen and oxygen atoms in total. The van der Waals surface area contributed by atoms with Crippen LogP contribution in [0, 0.1) is 6.92 Å². The molecule has 3 rings (SSSR count). The maximum atomic E-state index is 12.9. The van der Waals surface area contributed by atoms with Crippen LogP contribution in [0.15, 0.2) is 36.5 Å². The minimum absolute atomic E-state index is 0.101. The zero-order chi connectivity index (χ0) is 20.3. The molecule has 1 aromatic carbocycles. The zero-order valence-electron chi connectivity index (χ0n) is 15.1. The lowest BCUT2D eigenvalue weighted by molar-refractivity contribution is -0.137. The summed E-state index contributed by atoms with van der Waals surface area (Å²) < 4.78 is 50.4. The number of carbonyl (C=O) groups is 1. The molecule has 2 heterocycles. The summed E-state index contributed by atoms with van der Waals surface area (Å²) in [6.45, 7) is 1.51. The molecular formula is C18H17F3N4O3. The normalized spacial score (nSPS) is 11.5. The minimum atomic E-state index is -4.49. The van der Waals surface area contributed by atoms with Crippen LogP contribution in [-0.4, -0.2) is 34.2 Å². The molecule has 0 saturated heterocycles. The molecule has 2 aromatic heterocycles. The molecule has 3 aromatic rings. The van der Waals surface area contributed by atoms with Gasteiger partial charge >= 0.3 is 6.18 Å². The van der Waals surface area contributed by atoms with Gasteiger partial charge in [0.2, 0.25) is 0 Å². The quantitative estimate of drug-likeness (QED) is 0.696. The van der Waals surface area contributed by atoms with Crippen LogP contribution in [0.25, 0.3) is 5.65 Å². The molecule has 0 aliphatic rings. The van der Waals surface area contributed by atoms with Gasteiger partial charge in [0.25, 0.3) is 5.91 Å². The number of alkyl halides is 3. The number of nitrogens with one attached hydrogen (secondary N) is 1. The predicted octanol–water partition coefficient (Wildman–Crippen LogP) is 2.76. The van der Waals surface area contributed by atoms with E-state index in [1.165, 1.54) is 17.6 Å². The van der Waals surface area contributed by atoms with Crippen LogP contribution in [-0.2, 0) is 17.5 Å². The number of hydrogen-bond donors (Lipinski definition) is 1. The van der Waals surface area contributed by atoms with Crippen molar-refractivity contribution in [2.45, 2.75) is 19.6 Å². The molecule has 1 amide bonds. The van der Waals surface area contributed by atoms with Crippen LogP contribution in [0.5, 0.6) is 11.5 Å². The Bertz CT molecular complexity index is 1000. The molecule has 0 bridgehead atoms. The number of rotatable bonds is 6. The molecule has 10 heteroatoms. The maximum absolute atomic E-state index is 12.9. The third-order valence-electron chi connectivity index (χ3n) is 3.92. The zero-order valence-corrected chi connectivity index (χ0v) is 15.1. The highest BCUT2D eigenvalue weighted by Crippen LogP contribution is 2.29. The van der Waals surface area contributed by atoms with E-state index in [4.69, 9.17) is 9.47 Å². The van der Waals surface area contributed by atoms with Gasteiger partial charge < -0.3 is 14.8 Å². The highest BCUT2D eigenvalue weighted by atomic mass is 19.4. The second kappa shape index (κ2) is 7.75. The number of ether oxygens (including phenoxy) is 2. The van der Waals surface area contributed by atoms with Gasteiger partial charge in [-0.2, -0.15) is 13.2 Å². The second-order valence-electron chi connectivity index (χ2n) is 5.98. The molecule has 0 spiro atoms. The average Bonchev–Trinajstić information content (AvgIpc) is 3.06. The first-order valence-corrected chi connectivity index (χ1v) is 8.23. The van der Waals surface area contributed by atoms with E-state index in [0.717, 1.165) is 17.8 Å².